The molecule has 0 bridgehead atoms. The molecule has 0 saturated carbocycles. The van der Waals surface area contributed by atoms with Crippen LogP contribution in [0.3, 0.4) is 0 Å². The Hall–Kier alpha value is -1.62. The van der Waals surface area contributed by atoms with Crippen LogP contribution >= 0.6 is 0 Å². The van der Waals surface area contributed by atoms with Gasteiger partial charge in [-0.1, -0.05) is 0 Å². The zero-order valence-electron chi connectivity index (χ0n) is 9.80. The third-order valence-electron chi connectivity index (χ3n) is 3.12. The van der Waals surface area contributed by atoms with Gasteiger partial charge in [0.15, 0.2) is 5.65 Å². The molecule has 0 spiro atoms. The molecule has 17 heavy (non-hydrogen) atoms. The summed E-state index contributed by atoms with van der Waals surface area (Å²) in [6, 6.07) is 3.80. The number of fused-ring (bicyclic) bond motifs is 1. The molecule has 0 aromatic carbocycles. The highest BCUT2D eigenvalue weighted by Gasteiger charge is 2.19. The summed E-state index contributed by atoms with van der Waals surface area (Å²) in [7, 11) is 1.66. The molecule has 3 heterocycles. The monoisotopic (exact) mass is 233 g/mol. The van der Waals surface area contributed by atoms with E-state index in [1.54, 1.807) is 7.11 Å². The Kier molecular flexibility index (Phi) is 2.68. The first-order valence-corrected chi connectivity index (χ1v) is 5.86. The third-order valence-corrected chi connectivity index (χ3v) is 3.12. The number of hydrogen-bond acceptors (Lipinski definition) is 4. The van der Waals surface area contributed by atoms with Gasteiger partial charge < -0.3 is 9.47 Å². The Bertz CT molecular complexity index is 517. The molecule has 90 valence electrons. The molecule has 2 aromatic heterocycles. The van der Waals surface area contributed by atoms with Crippen molar-refractivity contribution >= 4 is 5.65 Å². The summed E-state index contributed by atoms with van der Waals surface area (Å²) in [6.07, 6.45) is 5.27. The van der Waals surface area contributed by atoms with Crippen LogP contribution in [-0.2, 0) is 11.2 Å². The number of aromatic nitrogens is 3. The predicted octanol–water partition coefficient (Wildman–Crippen LogP) is 1.46. The molecule has 1 fully saturated rings. The van der Waals surface area contributed by atoms with Crippen molar-refractivity contribution in [3.05, 3.63) is 24.2 Å². The lowest BCUT2D eigenvalue weighted by Gasteiger charge is -2.07. The SMILES string of the molecule is COc1ccc2nnc(CC3CCCO3)n2c1. The fraction of sp³-hybridized carbons (Fsp3) is 0.500. The van der Waals surface area contributed by atoms with E-state index in [9.17, 15) is 0 Å². The lowest BCUT2D eigenvalue weighted by atomic mass is 10.2. The summed E-state index contributed by atoms with van der Waals surface area (Å²) in [6.45, 7) is 0.866. The second-order valence-electron chi connectivity index (χ2n) is 4.25. The van der Waals surface area contributed by atoms with E-state index in [1.807, 2.05) is 22.7 Å². The summed E-state index contributed by atoms with van der Waals surface area (Å²) in [5.74, 6) is 1.75. The van der Waals surface area contributed by atoms with Crippen LogP contribution in [-0.4, -0.2) is 34.4 Å². The van der Waals surface area contributed by atoms with E-state index in [2.05, 4.69) is 10.2 Å². The van der Waals surface area contributed by atoms with Crippen molar-refractivity contribution in [1.29, 1.82) is 0 Å². The van der Waals surface area contributed by atoms with E-state index < -0.39 is 0 Å². The molecule has 1 aliphatic heterocycles. The summed E-state index contributed by atoms with van der Waals surface area (Å²) >= 11 is 0. The summed E-state index contributed by atoms with van der Waals surface area (Å²) in [4.78, 5) is 0. The largest absolute Gasteiger partial charge is 0.495 e. The lowest BCUT2D eigenvalue weighted by molar-refractivity contribution is 0.109. The van der Waals surface area contributed by atoms with Gasteiger partial charge in [-0.05, 0) is 25.0 Å². The van der Waals surface area contributed by atoms with Crippen molar-refractivity contribution in [2.75, 3.05) is 13.7 Å². The average Bonchev–Trinajstić information content (AvgIpc) is 2.99. The van der Waals surface area contributed by atoms with E-state index in [0.29, 0.717) is 0 Å². The third kappa shape index (κ3) is 1.98. The van der Waals surface area contributed by atoms with Crippen molar-refractivity contribution in [2.24, 2.45) is 0 Å². The van der Waals surface area contributed by atoms with Crippen LogP contribution in [0.25, 0.3) is 5.65 Å². The van der Waals surface area contributed by atoms with Gasteiger partial charge in [0.1, 0.15) is 11.6 Å². The van der Waals surface area contributed by atoms with Gasteiger partial charge in [-0.25, -0.2) is 0 Å². The van der Waals surface area contributed by atoms with Gasteiger partial charge in [0, 0.05) is 13.0 Å². The van der Waals surface area contributed by atoms with Crippen LogP contribution in [0.15, 0.2) is 18.3 Å². The number of nitrogens with zero attached hydrogens (tertiary/aromatic N) is 3. The van der Waals surface area contributed by atoms with Crippen LogP contribution < -0.4 is 4.74 Å². The number of methoxy groups -OCH3 is 1. The van der Waals surface area contributed by atoms with Crippen molar-refractivity contribution < 1.29 is 9.47 Å². The highest BCUT2D eigenvalue weighted by molar-refractivity contribution is 5.41. The van der Waals surface area contributed by atoms with E-state index in [4.69, 9.17) is 9.47 Å². The predicted molar refractivity (Wildman–Crippen MR) is 62.2 cm³/mol. The van der Waals surface area contributed by atoms with Crippen LogP contribution in [0.4, 0.5) is 0 Å². The second kappa shape index (κ2) is 4.33. The molecule has 1 saturated heterocycles. The molecule has 0 N–H and O–H groups in total. The van der Waals surface area contributed by atoms with Gasteiger partial charge in [0.05, 0.1) is 19.4 Å². The topological polar surface area (TPSA) is 48.7 Å². The first-order chi connectivity index (χ1) is 8.36. The molecule has 3 rings (SSSR count). The standard InChI is InChI=1S/C12H15N3O2/c1-16-10-4-5-11-13-14-12(15(11)8-10)7-9-3-2-6-17-9/h4-5,8-9H,2-3,6-7H2,1H3. The van der Waals surface area contributed by atoms with Crippen molar-refractivity contribution in [1.82, 2.24) is 14.6 Å². The fourth-order valence-corrected chi connectivity index (χ4v) is 2.19. The molecular weight excluding hydrogens is 218 g/mol. The number of rotatable bonds is 3. The van der Waals surface area contributed by atoms with E-state index >= 15 is 0 Å². The highest BCUT2D eigenvalue weighted by Crippen LogP contribution is 2.18. The first-order valence-electron chi connectivity index (χ1n) is 5.86. The molecule has 1 aliphatic rings. The molecular formula is C12H15N3O2. The summed E-state index contributed by atoms with van der Waals surface area (Å²) in [5.41, 5.74) is 0.846. The Morgan fingerprint density at radius 1 is 1.47 bits per heavy atom. The van der Waals surface area contributed by atoms with Gasteiger partial charge >= 0.3 is 0 Å². The molecule has 0 amide bonds. The van der Waals surface area contributed by atoms with Gasteiger partial charge in [0.25, 0.3) is 0 Å². The van der Waals surface area contributed by atoms with Crippen molar-refractivity contribution in [3.63, 3.8) is 0 Å². The van der Waals surface area contributed by atoms with Gasteiger partial charge in [-0.3, -0.25) is 4.40 Å². The van der Waals surface area contributed by atoms with E-state index in [-0.39, 0.29) is 6.10 Å². The lowest BCUT2D eigenvalue weighted by Crippen LogP contribution is -2.11. The summed E-state index contributed by atoms with van der Waals surface area (Å²) in [5, 5.41) is 8.35. The van der Waals surface area contributed by atoms with E-state index in [0.717, 1.165) is 43.1 Å². The quantitative estimate of drug-likeness (QED) is 0.805. The normalized spacial score (nSPS) is 19.9. The van der Waals surface area contributed by atoms with Gasteiger partial charge in [-0.2, -0.15) is 0 Å². The Morgan fingerprint density at radius 3 is 3.18 bits per heavy atom. The van der Waals surface area contributed by atoms with Gasteiger partial charge in [0.2, 0.25) is 0 Å². The molecule has 1 unspecified atom stereocenters. The minimum absolute atomic E-state index is 0.286. The van der Waals surface area contributed by atoms with Crippen LogP contribution in [0, 0.1) is 0 Å². The molecule has 0 radical (unpaired) electrons. The minimum atomic E-state index is 0.286. The Labute approximate surface area is 99.4 Å². The second-order valence-corrected chi connectivity index (χ2v) is 4.25. The fourth-order valence-electron chi connectivity index (χ4n) is 2.19. The maximum atomic E-state index is 5.62. The van der Waals surface area contributed by atoms with Crippen LogP contribution in [0.5, 0.6) is 5.75 Å². The summed E-state index contributed by atoms with van der Waals surface area (Å²) < 4.78 is 12.8. The Balaban J connectivity index is 1.92. The van der Waals surface area contributed by atoms with Crippen LogP contribution in [0.2, 0.25) is 0 Å². The number of pyridine rings is 1. The Morgan fingerprint density at radius 2 is 2.41 bits per heavy atom. The number of ether oxygens (including phenoxy) is 2. The minimum Gasteiger partial charge on any atom is -0.495 e. The molecule has 2 aromatic rings. The molecule has 5 heteroatoms. The first kappa shape index (κ1) is 10.5. The van der Waals surface area contributed by atoms with Crippen molar-refractivity contribution in [3.8, 4) is 5.75 Å². The zero-order chi connectivity index (χ0) is 11.7. The maximum Gasteiger partial charge on any atom is 0.161 e. The van der Waals surface area contributed by atoms with Crippen LogP contribution in [0.1, 0.15) is 18.7 Å². The van der Waals surface area contributed by atoms with Crippen molar-refractivity contribution in [2.45, 2.75) is 25.4 Å². The molecule has 0 aliphatic carbocycles. The zero-order valence-corrected chi connectivity index (χ0v) is 9.80. The maximum absolute atomic E-state index is 5.62. The highest BCUT2D eigenvalue weighted by atomic mass is 16.5. The van der Waals surface area contributed by atoms with E-state index in [1.165, 1.54) is 0 Å². The molecule has 1 atom stereocenters. The van der Waals surface area contributed by atoms with Gasteiger partial charge in [-0.15, -0.1) is 10.2 Å². The average molecular weight is 233 g/mol. The smallest absolute Gasteiger partial charge is 0.161 e. The molecule has 5 nitrogen and oxygen atoms in total. The number of hydrogen-bond donors (Lipinski definition) is 0.